The Bertz CT molecular complexity index is 582. The van der Waals surface area contributed by atoms with E-state index >= 15 is 0 Å². The summed E-state index contributed by atoms with van der Waals surface area (Å²) in [5, 5.41) is 3.59. The van der Waals surface area contributed by atoms with Gasteiger partial charge in [-0.15, -0.1) is 0 Å². The van der Waals surface area contributed by atoms with Gasteiger partial charge in [-0.25, -0.2) is 4.39 Å². The van der Waals surface area contributed by atoms with Crippen LogP contribution in [0.1, 0.15) is 19.5 Å². The molecule has 0 amide bonds. The molecule has 1 aromatic carbocycles. The lowest BCUT2D eigenvalue weighted by Crippen LogP contribution is -2.02. The molecule has 2 aromatic rings. The van der Waals surface area contributed by atoms with Gasteiger partial charge in [-0.3, -0.25) is 4.98 Å². The Morgan fingerprint density at radius 2 is 2.11 bits per heavy atom. The minimum absolute atomic E-state index is 0.249. The number of aromatic nitrogens is 1. The summed E-state index contributed by atoms with van der Waals surface area (Å²) >= 11 is 3.44. The molecule has 0 atom stereocenters. The fourth-order valence-electron chi connectivity index (χ4n) is 2.04. The second-order valence-corrected chi connectivity index (χ2v) is 5.62. The van der Waals surface area contributed by atoms with Crippen molar-refractivity contribution >= 4 is 32.5 Å². The summed E-state index contributed by atoms with van der Waals surface area (Å²) in [6, 6.07) is 5.08. The van der Waals surface area contributed by atoms with Gasteiger partial charge in [0.15, 0.2) is 0 Å². The van der Waals surface area contributed by atoms with E-state index in [9.17, 15) is 4.39 Å². The monoisotopic (exact) mass is 310 g/mol. The van der Waals surface area contributed by atoms with Gasteiger partial charge >= 0.3 is 0 Å². The Kier molecular flexibility index (Phi) is 3.85. The van der Waals surface area contributed by atoms with Crippen LogP contribution in [-0.2, 0) is 6.42 Å². The third-order valence-electron chi connectivity index (χ3n) is 2.80. The highest BCUT2D eigenvalue weighted by atomic mass is 79.9. The molecule has 0 aliphatic rings. The summed E-state index contributed by atoms with van der Waals surface area (Å²) in [5.41, 5.74) is 2.44. The third kappa shape index (κ3) is 2.48. The van der Waals surface area contributed by atoms with Crippen molar-refractivity contribution in [1.82, 2.24) is 4.98 Å². The number of rotatable bonds is 3. The van der Waals surface area contributed by atoms with Crippen LogP contribution in [0.15, 0.2) is 22.7 Å². The first-order chi connectivity index (χ1) is 8.52. The fourth-order valence-corrected chi connectivity index (χ4v) is 2.46. The maximum absolute atomic E-state index is 13.9. The molecule has 2 rings (SSSR count). The van der Waals surface area contributed by atoms with E-state index in [4.69, 9.17) is 0 Å². The molecule has 2 nitrogen and oxygen atoms in total. The van der Waals surface area contributed by atoms with E-state index in [1.165, 1.54) is 6.07 Å². The predicted molar refractivity (Wildman–Crippen MR) is 77.5 cm³/mol. The molecular weight excluding hydrogens is 295 g/mol. The zero-order valence-corrected chi connectivity index (χ0v) is 12.3. The molecule has 0 unspecified atom stereocenters. The maximum atomic E-state index is 13.9. The van der Waals surface area contributed by atoms with Crippen LogP contribution in [0.2, 0.25) is 0 Å². The number of fused-ring (bicyclic) bond motifs is 1. The van der Waals surface area contributed by atoms with Gasteiger partial charge in [0, 0.05) is 22.9 Å². The number of halogens is 2. The number of nitrogens with one attached hydrogen (secondary N) is 1. The highest BCUT2D eigenvalue weighted by Crippen LogP contribution is 2.31. The first-order valence-corrected chi connectivity index (χ1v) is 6.77. The molecule has 0 spiro atoms. The molecule has 96 valence electrons. The van der Waals surface area contributed by atoms with Crippen molar-refractivity contribution in [1.29, 1.82) is 0 Å². The number of anilines is 1. The van der Waals surface area contributed by atoms with Crippen LogP contribution in [0.4, 0.5) is 10.1 Å². The van der Waals surface area contributed by atoms with Gasteiger partial charge in [-0.05, 0) is 46.5 Å². The molecule has 0 radical (unpaired) electrons. The summed E-state index contributed by atoms with van der Waals surface area (Å²) in [4.78, 5) is 4.56. The molecular formula is C14H16BrFN2. The smallest absolute Gasteiger partial charge is 0.134 e. The first kappa shape index (κ1) is 13.3. The standard InChI is InChI=1S/C14H16BrFN2/c1-8(2)6-9-7-12(17-3)13-11(16)5-4-10(15)14(13)18-9/h4-5,7-8H,6H2,1-3H3,(H,17,18). The maximum Gasteiger partial charge on any atom is 0.134 e. The van der Waals surface area contributed by atoms with E-state index in [2.05, 4.69) is 40.1 Å². The molecule has 0 saturated carbocycles. The van der Waals surface area contributed by atoms with Gasteiger partial charge < -0.3 is 5.32 Å². The zero-order valence-electron chi connectivity index (χ0n) is 10.7. The number of nitrogens with zero attached hydrogens (tertiary/aromatic N) is 1. The predicted octanol–water partition coefficient (Wildman–Crippen LogP) is 4.38. The van der Waals surface area contributed by atoms with Crippen molar-refractivity contribution in [2.24, 2.45) is 5.92 Å². The molecule has 4 heteroatoms. The quantitative estimate of drug-likeness (QED) is 0.910. The lowest BCUT2D eigenvalue weighted by atomic mass is 10.1. The van der Waals surface area contributed by atoms with E-state index in [0.29, 0.717) is 16.8 Å². The summed E-state index contributed by atoms with van der Waals surface area (Å²) in [6.45, 7) is 4.29. The molecule has 0 bridgehead atoms. The van der Waals surface area contributed by atoms with E-state index < -0.39 is 0 Å². The molecule has 1 heterocycles. The van der Waals surface area contributed by atoms with Gasteiger partial charge in [0.2, 0.25) is 0 Å². The summed E-state index contributed by atoms with van der Waals surface area (Å²) in [7, 11) is 1.80. The van der Waals surface area contributed by atoms with Crippen LogP contribution < -0.4 is 5.32 Å². The van der Waals surface area contributed by atoms with Crippen molar-refractivity contribution in [2.75, 3.05) is 12.4 Å². The summed E-state index contributed by atoms with van der Waals surface area (Å²) < 4.78 is 14.7. The zero-order chi connectivity index (χ0) is 13.3. The molecule has 1 aromatic heterocycles. The Morgan fingerprint density at radius 1 is 1.39 bits per heavy atom. The van der Waals surface area contributed by atoms with Gasteiger partial charge in [-0.1, -0.05) is 13.8 Å². The first-order valence-electron chi connectivity index (χ1n) is 5.98. The molecule has 0 fully saturated rings. The summed E-state index contributed by atoms with van der Waals surface area (Å²) in [6.07, 6.45) is 0.883. The van der Waals surface area contributed by atoms with Crippen molar-refractivity contribution < 1.29 is 4.39 Å². The number of hydrogen-bond donors (Lipinski definition) is 1. The summed E-state index contributed by atoms with van der Waals surface area (Å²) in [5.74, 6) is 0.271. The number of hydrogen-bond acceptors (Lipinski definition) is 2. The van der Waals surface area contributed by atoms with Crippen LogP contribution in [0.5, 0.6) is 0 Å². The van der Waals surface area contributed by atoms with E-state index in [1.807, 2.05) is 6.07 Å². The Balaban J connectivity index is 2.71. The fraction of sp³-hybridized carbons (Fsp3) is 0.357. The highest BCUT2D eigenvalue weighted by molar-refractivity contribution is 9.10. The second-order valence-electron chi connectivity index (χ2n) is 4.76. The van der Waals surface area contributed by atoms with E-state index in [0.717, 1.165) is 22.3 Å². The Labute approximate surface area is 115 Å². The Morgan fingerprint density at radius 3 is 2.72 bits per heavy atom. The van der Waals surface area contributed by atoms with Crippen molar-refractivity contribution in [3.05, 3.63) is 34.2 Å². The van der Waals surface area contributed by atoms with Gasteiger partial charge in [-0.2, -0.15) is 0 Å². The molecule has 1 N–H and O–H groups in total. The number of pyridine rings is 1. The lowest BCUT2D eigenvalue weighted by Gasteiger charge is -2.12. The van der Waals surface area contributed by atoms with Crippen LogP contribution in [0, 0.1) is 11.7 Å². The normalized spacial score (nSPS) is 11.2. The van der Waals surface area contributed by atoms with Crippen LogP contribution >= 0.6 is 15.9 Å². The third-order valence-corrected chi connectivity index (χ3v) is 3.44. The highest BCUT2D eigenvalue weighted by Gasteiger charge is 2.12. The van der Waals surface area contributed by atoms with Crippen molar-refractivity contribution in [3.63, 3.8) is 0 Å². The van der Waals surface area contributed by atoms with Gasteiger partial charge in [0.25, 0.3) is 0 Å². The van der Waals surface area contributed by atoms with Crippen LogP contribution in [-0.4, -0.2) is 12.0 Å². The van der Waals surface area contributed by atoms with Gasteiger partial charge in [0.05, 0.1) is 10.9 Å². The van der Waals surface area contributed by atoms with Crippen LogP contribution in [0.3, 0.4) is 0 Å². The molecule has 0 aliphatic heterocycles. The topological polar surface area (TPSA) is 24.9 Å². The molecule has 18 heavy (non-hydrogen) atoms. The number of benzene rings is 1. The lowest BCUT2D eigenvalue weighted by molar-refractivity contribution is 0.633. The van der Waals surface area contributed by atoms with Crippen molar-refractivity contribution in [3.8, 4) is 0 Å². The minimum Gasteiger partial charge on any atom is -0.387 e. The van der Waals surface area contributed by atoms with Gasteiger partial charge in [0.1, 0.15) is 5.82 Å². The minimum atomic E-state index is -0.249. The second kappa shape index (κ2) is 5.22. The molecule has 0 aliphatic carbocycles. The Hall–Kier alpha value is -1.16. The average molecular weight is 311 g/mol. The van der Waals surface area contributed by atoms with E-state index in [-0.39, 0.29) is 5.82 Å². The largest absolute Gasteiger partial charge is 0.387 e. The van der Waals surface area contributed by atoms with E-state index in [1.54, 1.807) is 13.1 Å². The van der Waals surface area contributed by atoms with Crippen molar-refractivity contribution in [2.45, 2.75) is 20.3 Å². The average Bonchev–Trinajstić information content (AvgIpc) is 2.32. The van der Waals surface area contributed by atoms with Crippen LogP contribution in [0.25, 0.3) is 10.9 Å². The molecule has 0 saturated heterocycles. The SMILES string of the molecule is CNc1cc(CC(C)C)nc2c(Br)ccc(F)c12.